The van der Waals surface area contributed by atoms with Crippen molar-refractivity contribution in [1.82, 2.24) is 0 Å². The second-order valence-electron chi connectivity index (χ2n) is 15.5. The van der Waals surface area contributed by atoms with Gasteiger partial charge in [0.15, 0.2) is 6.10 Å². The summed E-state index contributed by atoms with van der Waals surface area (Å²) in [7, 11) is 0. The van der Waals surface area contributed by atoms with E-state index in [2.05, 4.69) is 50.3 Å². The minimum Gasteiger partial charge on any atom is -0.462 e. The topological polar surface area (TPSA) is 72.8 Å². The van der Waals surface area contributed by atoms with Gasteiger partial charge in [-0.1, -0.05) is 211 Å². The summed E-state index contributed by atoms with van der Waals surface area (Å²) in [5, 5.41) is 9.59. The summed E-state index contributed by atoms with van der Waals surface area (Å²) >= 11 is 0. The van der Waals surface area contributed by atoms with Crippen LogP contribution in [-0.2, 0) is 19.1 Å². The van der Waals surface area contributed by atoms with Gasteiger partial charge in [0.2, 0.25) is 0 Å². The maximum Gasteiger partial charge on any atom is 0.306 e. The molecule has 1 atom stereocenters. The number of aliphatic hydroxyl groups excluding tert-OH is 1. The first-order valence-corrected chi connectivity index (χ1v) is 23.0. The van der Waals surface area contributed by atoms with Crippen LogP contribution < -0.4 is 0 Å². The standard InChI is InChI=1S/C48H88O5/c1-3-5-7-9-11-13-15-17-19-21-22-23-24-25-27-29-31-33-35-37-39-41-43-48(51)53-46(44-49)45-52-47(50)42-40-38-36-34-32-30-28-26-20-18-16-14-12-10-8-6-4-2/h12,14,18,20,28,30,46,49H,3-11,13,15-17,19,21-27,29,31-45H2,1-2H3/b14-12+,20-18+,30-28+/t46-/m0/s1. The zero-order valence-corrected chi connectivity index (χ0v) is 35.3. The summed E-state index contributed by atoms with van der Waals surface area (Å²) in [6.45, 7) is 4.12. The molecule has 53 heavy (non-hydrogen) atoms. The highest BCUT2D eigenvalue weighted by Crippen LogP contribution is 2.16. The fourth-order valence-corrected chi connectivity index (χ4v) is 6.68. The molecule has 5 nitrogen and oxygen atoms in total. The van der Waals surface area contributed by atoms with Gasteiger partial charge < -0.3 is 14.6 Å². The Morgan fingerprint density at radius 3 is 1.17 bits per heavy atom. The molecule has 0 saturated carbocycles. The van der Waals surface area contributed by atoms with E-state index in [4.69, 9.17) is 9.47 Å². The zero-order chi connectivity index (χ0) is 38.6. The molecular formula is C48H88O5. The Bertz CT molecular complexity index is 847. The minimum atomic E-state index is -0.778. The van der Waals surface area contributed by atoms with Crippen LogP contribution in [0, 0.1) is 0 Å². The number of carbonyl (C=O) groups excluding carboxylic acids is 2. The molecule has 0 radical (unpaired) electrons. The summed E-state index contributed by atoms with van der Waals surface area (Å²) in [4.78, 5) is 24.4. The van der Waals surface area contributed by atoms with Gasteiger partial charge in [0.05, 0.1) is 6.61 Å². The fraction of sp³-hybridized carbons (Fsp3) is 0.833. The van der Waals surface area contributed by atoms with E-state index in [1.54, 1.807) is 0 Å². The fourth-order valence-electron chi connectivity index (χ4n) is 6.68. The number of rotatable bonds is 42. The molecule has 0 aliphatic rings. The highest BCUT2D eigenvalue weighted by Gasteiger charge is 2.16. The molecule has 0 unspecified atom stereocenters. The van der Waals surface area contributed by atoms with Crippen LogP contribution in [0.15, 0.2) is 36.5 Å². The molecule has 0 aliphatic carbocycles. The second kappa shape index (κ2) is 44.5. The molecule has 5 heteroatoms. The molecule has 0 rings (SSSR count). The summed E-state index contributed by atoms with van der Waals surface area (Å²) in [5.74, 6) is -0.606. The van der Waals surface area contributed by atoms with Crippen LogP contribution in [-0.4, -0.2) is 36.4 Å². The van der Waals surface area contributed by atoms with Crippen molar-refractivity contribution in [2.24, 2.45) is 0 Å². The number of hydrogen-bond donors (Lipinski definition) is 1. The monoisotopic (exact) mass is 745 g/mol. The lowest BCUT2D eigenvalue weighted by atomic mass is 10.0. The quantitative estimate of drug-likeness (QED) is 0.0383. The van der Waals surface area contributed by atoms with E-state index in [9.17, 15) is 14.7 Å². The molecule has 0 heterocycles. The number of esters is 2. The number of ether oxygens (including phenoxy) is 2. The summed E-state index contributed by atoms with van der Waals surface area (Å²) < 4.78 is 10.6. The first-order valence-electron chi connectivity index (χ1n) is 23.0. The first kappa shape index (κ1) is 51.1. The number of unbranched alkanes of at least 4 members (excludes halogenated alkanes) is 28. The van der Waals surface area contributed by atoms with Gasteiger partial charge in [-0.25, -0.2) is 0 Å². The molecule has 0 aromatic rings. The lowest BCUT2D eigenvalue weighted by molar-refractivity contribution is -0.161. The van der Waals surface area contributed by atoms with E-state index in [0.717, 1.165) is 64.2 Å². The van der Waals surface area contributed by atoms with Crippen molar-refractivity contribution >= 4 is 11.9 Å². The smallest absolute Gasteiger partial charge is 0.306 e. The van der Waals surface area contributed by atoms with Crippen molar-refractivity contribution in [2.75, 3.05) is 13.2 Å². The van der Waals surface area contributed by atoms with Gasteiger partial charge in [-0.3, -0.25) is 9.59 Å². The van der Waals surface area contributed by atoms with Gasteiger partial charge >= 0.3 is 11.9 Å². The number of aliphatic hydroxyl groups is 1. The molecule has 310 valence electrons. The van der Waals surface area contributed by atoms with Crippen LogP contribution in [0.2, 0.25) is 0 Å². The van der Waals surface area contributed by atoms with Crippen molar-refractivity contribution in [1.29, 1.82) is 0 Å². The van der Waals surface area contributed by atoms with Gasteiger partial charge in [0, 0.05) is 12.8 Å². The van der Waals surface area contributed by atoms with Gasteiger partial charge in [0.1, 0.15) is 6.61 Å². The van der Waals surface area contributed by atoms with Gasteiger partial charge in [-0.05, 0) is 51.4 Å². The van der Waals surface area contributed by atoms with Crippen LogP contribution in [0.5, 0.6) is 0 Å². The third kappa shape index (κ3) is 42.7. The zero-order valence-electron chi connectivity index (χ0n) is 35.3. The van der Waals surface area contributed by atoms with Crippen LogP contribution in [0.3, 0.4) is 0 Å². The van der Waals surface area contributed by atoms with E-state index in [0.29, 0.717) is 12.8 Å². The molecule has 0 saturated heterocycles. The maximum atomic E-state index is 12.2. The van der Waals surface area contributed by atoms with Crippen LogP contribution in [0.25, 0.3) is 0 Å². The molecule has 1 N–H and O–H groups in total. The van der Waals surface area contributed by atoms with Crippen molar-refractivity contribution in [3.05, 3.63) is 36.5 Å². The third-order valence-corrected chi connectivity index (χ3v) is 10.2. The Labute approximate surface area is 329 Å². The van der Waals surface area contributed by atoms with E-state index >= 15 is 0 Å². The minimum absolute atomic E-state index is 0.0745. The van der Waals surface area contributed by atoms with Gasteiger partial charge in [-0.2, -0.15) is 0 Å². The molecule has 0 aromatic heterocycles. The van der Waals surface area contributed by atoms with Crippen molar-refractivity contribution in [2.45, 2.75) is 245 Å². The summed E-state index contributed by atoms with van der Waals surface area (Å²) in [6.07, 6.45) is 55.1. The highest BCUT2D eigenvalue weighted by molar-refractivity contribution is 5.70. The molecule has 0 spiro atoms. The van der Waals surface area contributed by atoms with Crippen LogP contribution in [0.1, 0.15) is 239 Å². The van der Waals surface area contributed by atoms with Crippen LogP contribution >= 0.6 is 0 Å². The largest absolute Gasteiger partial charge is 0.462 e. The number of hydrogen-bond acceptors (Lipinski definition) is 5. The SMILES string of the molecule is CCCCC/C=C/C/C=C/C/C=C/CCCCCCC(=O)OC[C@H](CO)OC(=O)CCCCCCCCCCCCCCCCCCCCCCCC. The average molecular weight is 745 g/mol. The number of allylic oxidation sites excluding steroid dienone is 6. The number of carbonyl (C=O) groups is 2. The molecule has 0 fully saturated rings. The van der Waals surface area contributed by atoms with Crippen LogP contribution in [0.4, 0.5) is 0 Å². The normalized spacial score (nSPS) is 12.4. The van der Waals surface area contributed by atoms with Crippen molar-refractivity contribution in [3.8, 4) is 0 Å². The Kier molecular flexibility index (Phi) is 42.9. The van der Waals surface area contributed by atoms with Crippen molar-refractivity contribution < 1.29 is 24.2 Å². The van der Waals surface area contributed by atoms with E-state index < -0.39 is 6.10 Å². The average Bonchev–Trinajstić information content (AvgIpc) is 3.16. The first-order chi connectivity index (χ1) is 26.1. The molecular weight excluding hydrogens is 657 g/mol. The van der Waals surface area contributed by atoms with Gasteiger partial charge in [0.25, 0.3) is 0 Å². The lowest BCUT2D eigenvalue weighted by Gasteiger charge is -2.15. The van der Waals surface area contributed by atoms with E-state index in [-0.39, 0.29) is 25.2 Å². The lowest BCUT2D eigenvalue weighted by Crippen LogP contribution is -2.28. The summed E-state index contributed by atoms with van der Waals surface area (Å²) in [5.41, 5.74) is 0. The maximum absolute atomic E-state index is 12.2. The third-order valence-electron chi connectivity index (χ3n) is 10.2. The summed E-state index contributed by atoms with van der Waals surface area (Å²) in [6, 6.07) is 0. The predicted molar refractivity (Wildman–Crippen MR) is 228 cm³/mol. The Balaban J connectivity index is 3.52. The molecule has 0 aliphatic heterocycles. The Hall–Kier alpha value is -1.88. The Morgan fingerprint density at radius 1 is 0.434 bits per heavy atom. The molecule has 0 amide bonds. The molecule has 0 aromatic carbocycles. The van der Waals surface area contributed by atoms with E-state index in [1.165, 1.54) is 148 Å². The van der Waals surface area contributed by atoms with E-state index in [1.807, 2.05) is 0 Å². The van der Waals surface area contributed by atoms with Crippen molar-refractivity contribution in [3.63, 3.8) is 0 Å². The highest BCUT2D eigenvalue weighted by atomic mass is 16.6. The second-order valence-corrected chi connectivity index (χ2v) is 15.5. The predicted octanol–water partition coefficient (Wildman–Crippen LogP) is 14.8. The Morgan fingerprint density at radius 2 is 0.755 bits per heavy atom. The molecule has 0 bridgehead atoms. The van der Waals surface area contributed by atoms with Gasteiger partial charge in [-0.15, -0.1) is 0 Å².